The van der Waals surface area contributed by atoms with Gasteiger partial charge in [0.25, 0.3) is 0 Å². The number of hydrogen-bond acceptors (Lipinski definition) is 3. The first kappa shape index (κ1) is 27.8. The van der Waals surface area contributed by atoms with Crippen LogP contribution in [0.4, 0.5) is 18.9 Å². The van der Waals surface area contributed by atoms with E-state index >= 15 is 0 Å². The molecule has 0 amide bonds. The van der Waals surface area contributed by atoms with E-state index in [4.69, 9.17) is 0 Å². The van der Waals surface area contributed by atoms with Gasteiger partial charge in [-0.1, -0.05) is 42.8 Å². The van der Waals surface area contributed by atoms with Gasteiger partial charge in [-0.15, -0.1) is 0 Å². The molecule has 2 aromatic carbocycles. The molecule has 4 unspecified atom stereocenters. The number of carbonyl (C=O) groups excluding carboxylic acids is 1. The smallest absolute Gasteiger partial charge is 0.372 e. The highest BCUT2D eigenvalue weighted by molar-refractivity contribution is 5.88. The van der Waals surface area contributed by atoms with Crippen LogP contribution < -0.4 is 10.2 Å². The fourth-order valence-electron chi connectivity index (χ4n) is 8.73. The molecule has 3 aliphatic carbocycles. The van der Waals surface area contributed by atoms with E-state index in [0.29, 0.717) is 48.5 Å². The summed E-state index contributed by atoms with van der Waals surface area (Å²) in [7, 11) is 0. The Balaban J connectivity index is 1.06. The molecule has 0 aromatic heterocycles. The van der Waals surface area contributed by atoms with Gasteiger partial charge in [-0.25, -0.2) is 0 Å². The quantitative estimate of drug-likeness (QED) is 0.393. The standard InChI is InChI=1S/C34H43F3N2O/c35-34(36,37)28-10-4-12-31(22-28)39-19-6-9-26(17-20-39)32(40)33-18-5-11-27(33)21-30(23-33)38-29-15-13-25(14-16-29)24-7-2-1-3-8-24/h1-4,7-8,10,12,22,25-27,29-30,38H,5-6,9,11,13-21,23H2. The van der Waals surface area contributed by atoms with Gasteiger partial charge >= 0.3 is 6.18 Å². The minimum atomic E-state index is -4.34. The van der Waals surface area contributed by atoms with Crippen molar-refractivity contribution in [3.63, 3.8) is 0 Å². The lowest BCUT2D eigenvalue weighted by atomic mass is 9.70. The molecule has 40 heavy (non-hydrogen) atoms. The van der Waals surface area contributed by atoms with Gasteiger partial charge in [-0.05, 0) is 106 Å². The number of anilines is 1. The Morgan fingerprint density at radius 3 is 2.42 bits per heavy atom. The van der Waals surface area contributed by atoms with Crippen LogP contribution in [0.2, 0.25) is 0 Å². The Labute approximate surface area is 236 Å². The van der Waals surface area contributed by atoms with Crippen molar-refractivity contribution in [2.45, 2.75) is 101 Å². The number of fused-ring (bicyclic) bond motifs is 1. The molecule has 1 heterocycles. The number of Topliss-reactive ketones (excluding diaryl/α,β-unsaturated/α-hetero) is 1. The van der Waals surface area contributed by atoms with Gasteiger partial charge in [0.15, 0.2) is 0 Å². The minimum absolute atomic E-state index is 0.0245. The van der Waals surface area contributed by atoms with Crippen LogP contribution in [0.15, 0.2) is 54.6 Å². The Kier molecular flexibility index (Phi) is 8.00. The molecule has 2 aromatic rings. The molecule has 6 heteroatoms. The van der Waals surface area contributed by atoms with E-state index in [1.807, 2.05) is 0 Å². The van der Waals surface area contributed by atoms with E-state index in [0.717, 1.165) is 57.4 Å². The van der Waals surface area contributed by atoms with Crippen molar-refractivity contribution in [1.82, 2.24) is 5.32 Å². The number of nitrogens with zero attached hydrogens (tertiary/aromatic N) is 1. The number of rotatable bonds is 6. The number of benzene rings is 2. The molecule has 0 radical (unpaired) electrons. The normalized spacial score (nSPS) is 33.0. The molecular formula is C34H43F3N2O. The van der Waals surface area contributed by atoms with Crippen molar-refractivity contribution in [3.05, 3.63) is 65.7 Å². The Morgan fingerprint density at radius 2 is 1.65 bits per heavy atom. The topological polar surface area (TPSA) is 32.3 Å². The fourth-order valence-corrected chi connectivity index (χ4v) is 8.73. The summed E-state index contributed by atoms with van der Waals surface area (Å²) in [6.45, 7) is 1.35. The molecule has 4 atom stereocenters. The fraction of sp³-hybridized carbons (Fsp3) is 0.618. The molecule has 0 bridgehead atoms. The number of ketones is 1. The molecule has 3 nitrogen and oxygen atoms in total. The highest BCUT2D eigenvalue weighted by Crippen LogP contribution is 2.56. The Hall–Kier alpha value is -2.34. The molecule has 1 saturated heterocycles. The van der Waals surface area contributed by atoms with Gasteiger partial charge in [-0.2, -0.15) is 13.2 Å². The summed E-state index contributed by atoms with van der Waals surface area (Å²) in [4.78, 5) is 16.3. The summed E-state index contributed by atoms with van der Waals surface area (Å²) in [6, 6.07) is 17.5. The van der Waals surface area contributed by atoms with Crippen molar-refractivity contribution in [3.8, 4) is 0 Å². The third-order valence-electron chi connectivity index (χ3n) is 10.7. The van der Waals surface area contributed by atoms with E-state index in [1.165, 1.54) is 43.4 Å². The van der Waals surface area contributed by atoms with Gasteiger partial charge in [0.2, 0.25) is 0 Å². The monoisotopic (exact) mass is 552 g/mol. The molecule has 216 valence electrons. The van der Waals surface area contributed by atoms with E-state index in [1.54, 1.807) is 6.07 Å². The highest BCUT2D eigenvalue weighted by atomic mass is 19.4. The molecule has 1 aliphatic heterocycles. The zero-order chi connectivity index (χ0) is 27.7. The van der Waals surface area contributed by atoms with Crippen molar-refractivity contribution >= 4 is 11.5 Å². The lowest BCUT2D eigenvalue weighted by molar-refractivity contribution is -0.137. The van der Waals surface area contributed by atoms with Crippen LogP contribution in [-0.2, 0) is 11.0 Å². The van der Waals surface area contributed by atoms with Crippen LogP contribution in [0.5, 0.6) is 0 Å². The van der Waals surface area contributed by atoms with Crippen LogP contribution in [0.1, 0.15) is 94.1 Å². The van der Waals surface area contributed by atoms with Gasteiger partial charge < -0.3 is 10.2 Å². The molecule has 1 N–H and O–H groups in total. The highest BCUT2D eigenvalue weighted by Gasteiger charge is 2.55. The van der Waals surface area contributed by atoms with Crippen LogP contribution in [0.25, 0.3) is 0 Å². The largest absolute Gasteiger partial charge is 0.416 e. The first-order valence-electron chi connectivity index (χ1n) is 15.6. The maximum atomic E-state index is 14.2. The number of halogens is 3. The van der Waals surface area contributed by atoms with Crippen LogP contribution >= 0.6 is 0 Å². The predicted molar refractivity (Wildman–Crippen MR) is 153 cm³/mol. The summed E-state index contributed by atoms with van der Waals surface area (Å²) in [6.07, 6.45) is 8.38. The summed E-state index contributed by atoms with van der Waals surface area (Å²) in [5.74, 6) is 1.65. The maximum Gasteiger partial charge on any atom is 0.416 e. The second kappa shape index (κ2) is 11.5. The number of nitrogens with one attached hydrogen (secondary N) is 1. The Morgan fingerprint density at radius 1 is 0.850 bits per heavy atom. The van der Waals surface area contributed by atoms with Crippen molar-refractivity contribution in [2.24, 2.45) is 17.3 Å². The third kappa shape index (κ3) is 5.70. The van der Waals surface area contributed by atoms with E-state index in [2.05, 4.69) is 40.5 Å². The number of carbonyl (C=O) groups is 1. The molecule has 6 rings (SSSR count). The second-order valence-electron chi connectivity index (χ2n) is 13.0. The lowest BCUT2D eigenvalue weighted by Crippen LogP contribution is -2.41. The van der Waals surface area contributed by atoms with Gasteiger partial charge in [0.1, 0.15) is 5.78 Å². The van der Waals surface area contributed by atoms with Gasteiger partial charge in [0.05, 0.1) is 5.56 Å². The zero-order valence-electron chi connectivity index (χ0n) is 23.5. The zero-order valence-corrected chi connectivity index (χ0v) is 23.5. The van der Waals surface area contributed by atoms with Gasteiger partial charge in [-0.3, -0.25) is 4.79 Å². The van der Waals surface area contributed by atoms with Crippen LogP contribution in [0, 0.1) is 17.3 Å². The molecule has 4 fully saturated rings. The predicted octanol–water partition coefficient (Wildman–Crippen LogP) is 8.15. The molecular weight excluding hydrogens is 509 g/mol. The van der Waals surface area contributed by atoms with E-state index in [-0.39, 0.29) is 11.3 Å². The lowest BCUT2D eigenvalue weighted by Gasteiger charge is -2.33. The maximum absolute atomic E-state index is 14.2. The first-order valence-corrected chi connectivity index (χ1v) is 15.6. The van der Waals surface area contributed by atoms with Crippen molar-refractivity contribution < 1.29 is 18.0 Å². The van der Waals surface area contributed by atoms with E-state index < -0.39 is 11.7 Å². The number of hydrogen-bond donors (Lipinski definition) is 1. The average molecular weight is 553 g/mol. The third-order valence-corrected chi connectivity index (χ3v) is 10.7. The SMILES string of the molecule is O=C(C1CCCN(c2cccc(C(F)(F)F)c2)CC1)C12CCCC1CC(NC1CCC(c3ccccc3)CC1)C2. The van der Waals surface area contributed by atoms with E-state index in [9.17, 15) is 18.0 Å². The summed E-state index contributed by atoms with van der Waals surface area (Å²) < 4.78 is 39.8. The second-order valence-corrected chi connectivity index (χ2v) is 13.0. The van der Waals surface area contributed by atoms with Gasteiger partial charge in [0, 0.05) is 42.2 Å². The van der Waals surface area contributed by atoms with Crippen LogP contribution in [-0.4, -0.2) is 31.0 Å². The summed E-state index contributed by atoms with van der Waals surface area (Å²) >= 11 is 0. The summed E-state index contributed by atoms with van der Waals surface area (Å²) in [5, 5.41) is 4.01. The Bertz CT molecular complexity index is 1160. The molecule has 4 aliphatic rings. The average Bonchev–Trinajstić information content (AvgIpc) is 3.41. The first-order chi connectivity index (χ1) is 19.3. The van der Waals surface area contributed by atoms with Crippen LogP contribution in [0.3, 0.4) is 0 Å². The van der Waals surface area contributed by atoms with Crippen molar-refractivity contribution in [1.29, 1.82) is 0 Å². The minimum Gasteiger partial charge on any atom is -0.372 e. The number of alkyl halides is 3. The molecule has 0 spiro atoms. The van der Waals surface area contributed by atoms with Crippen molar-refractivity contribution in [2.75, 3.05) is 18.0 Å². The summed E-state index contributed by atoms with van der Waals surface area (Å²) in [5.41, 5.74) is 1.30. The molecule has 3 saturated carbocycles.